The van der Waals surface area contributed by atoms with Crippen LogP contribution in [0.3, 0.4) is 0 Å². The van der Waals surface area contributed by atoms with Gasteiger partial charge in [-0.15, -0.1) is 11.8 Å². The maximum Gasteiger partial charge on any atom is 0.407 e. The van der Waals surface area contributed by atoms with Gasteiger partial charge in [0.05, 0.1) is 5.88 Å². The summed E-state index contributed by atoms with van der Waals surface area (Å²) in [6.07, 6.45) is 2.35. The molecule has 8 heteroatoms. The van der Waals surface area contributed by atoms with Crippen molar-refractivity contribution in [3.63, 3.8) is 0 Å². The van der Waals surface area contributed by atoms with Gasteiger partial charge in [0.2, 0.25) is 5.91 Å². The van der Waals surface area contributed by atoms with Crippen LogP contribution in [-0.4, -0.2) is 58.3 Å². The number of thioether (sulfide) groups is 1. The van der Waals surface area contributed by atoms with Gasteiger partial charge < -0.3 is 20.1 Å². The summed E-state index contributed by atoms with van der Waals surface area (Å²) < 4.78 is 5.66. The van der Waals surface area contributed by atoms with Crippen LogP contribution in [0, 0.1) is 5.92 Å². The number of carboxylic acids is 1. The van der Waals surface area contributed by atoms with Crippen molar-refractivity contribution in [2.45, 2.75) is 43.7 Å². The predicted octanol–water partition coefficient (Wildman–Crippen LogP) is 4.07. The first-order valence-electron chi connectivity index (χ1n) is 11.8. The number of amides is 2. The highest BCUT2D eigenvalue weighted by Gasteiger charge is 2.39. The third kappa shape index (κ3) is 4.39. The van der Waals surface area contributed by atoms with E-state index in [0.717, 1.165) is 30.4 Å². The molecule has 0 bridgehead atoms. The lowest BCUT2D eigenvalue weighted by atomic mass is 9.84. The number of rotatable bonds is 5. The Balaban J connectivity index is 1.18. The molecule has 2 N–H and O–H groups in total. The number of nitrogens with one attached hydrogen (secondary N) is 1. The van der Waals surface area contributed by atoms with Gasteiger partial charge >= 0.3 is 12.1 Å². The van der Waals surface area contributed by atoms with Crippen LogP contribution in [0.25, 0.3) is 11.1 Å². The van der Waals surface area contributed by atoms with E-state index >= 15 is 0 Å². The van der Waals surface area contributed by atoms with Crippen molar-refractivity contribution >= 4 is 29.7 Å². The highest BCUT2D eigenvalue weighted by atomic mass is 32.2. The highest BCUT2D eigenvalue weighted by molar-refractivity contribution is 7.99. The van der Waals surface area contributed by atoms with Crippen LogP contribution in [0.4, 0.5) is 4.79 Å². The van der Waals surface area contributed by atoms with E-state index < -0.39 is 18.1 Å². The molecule has 0 aromatic heterocycles. The van der Waals surface area contributed by atoms with Crippen LogP contribution in [0.15, 0.2) is 48.5 Å². The Hall–Kier alpha value is -3.00. The SMILES string of the molecule is O=C(N[C@@H]1CCC[C@@H](C(=O)N2CSC[C@H]2C(=O)O)C1)OCC1c2ccccc2-c2ccccc21. The summed E-state index contributed by atoms with van der Waals surface area (Å²) in [4.78, 5) is 38.6. The van der Waals surface area contributed by atoms with Gasteiger partial charge in [0, 0.05) is 23.6 Å². The fourth-order valence-corrected chi connectivity index (χ4v) is 6.61. The number of ether oxygens (including phenoxy) is 1. The quantitative estimate of drug-likeness (QED) is 0.670. The van der Waals surface area contributed by atoms with Crippen molar-refractivity contribution in [2.24, 2.45) is 5.92 Å². The van der Waals surface area contributed by atoms with Crippen LogP contribution in [0.1, 0.15) is 42.7 Å². The third-order valence-corrected chi connectivity index (χ3v) is 8.15. The van der Waals surface area contributed by atoms with Crippen LogP contribution in [-0.2, 0) is 14.3 Å². The van der Waals surface area contributed by atoms with Gasteiger partial charge in [0.1, 0.15) is 12.6 Å². The van der Waals surface area contributed by atoms with Crippen LogP contribution in [0.5, 0.6) is 0 Å². The molecule has 1 heterocycles. The van der Waals surface area contributed by atoms with Crippen LogP contribution in [0.2, 0.25) is 0 Å². The molecule has 2 aliphatic carbocycles. The molecule has 0 radical (unpaired) electrons. The Labute approximate surface area is 202 Å². The molecule has 0 unspecified atom stereocenters. The average molecular weight is 481 g/mol. The molecule has 2 amide bonds. The fourth-order valence-electron chi connectivity index (χ4n) is 5.45. The van der Waals surface area contributed by atoms with E-state index in [1.807, 2.05) is 24.3 Å². The monoisotopic (exact) mass is 480 g/mol. The van der Waals surface area contributed by atoms with Gasteiger partial charge in [-0.05, 0) is 41.5 Å². The van der Waals surface area contributed by atoms with Crippen LogP contribution < -0.4 is 5.32 Å². The molecule has 1 saturated carbocycles. The molecule has 34 heavy (non-hydrogen) atoms. The number of carboxylic acid groups (broad SMARTS) is 1. The minimum atomic E-state index is -0.956. The Kier molecular flexibility index (Phi) is 6.50. The summed E-state index contributed by atoms with van der Waals surface area (Å²) >= 11 is 1.47. The first kappa shape index (κ1) is 22.8. The van der Waals surface area contributed by atoms with Crippen molar-refractivity contribution in [2.75, 3.05) is 18.2 Å². The second-order valence-corrected chi connectivity index (χ2v) is 10.2. The van der Waals surface area contributed by atoms with Gasteiger partial charge in [0.25, 0.3) is 0 Å². The topological polar surface area (TPSA) is 95.9 Å². The average Bonchev–Trinajstić information content (AvgIpc) is 3.46. The molecule has 178 valence electrons. The summed E-state index contributed by atoms with van der Waals surface area (Å²) in [5.74, 6) is -0.502. The maximum absolute atomic E-state index is 13.0. The first-order valence-corrected chi connectivity index (χ1v) is 12.9. The van der Waals surface area contributed by atoms with Gasteiger partial charge in [-0.25, -0.2) is 9.59 Å². The number of benzene rings is 2. The zero-order valence-electron chi connectivity index (χ0n) is 18.8. The lowest BCUT2D eigenvalue weighted by Crippen LogP contribution is -2.47. The summed E-state index contributed by atoms with van der Waals surface area (Å²) in [6, 6.07) is 15.5. The number of hydrogen-bond acceptors (Lipinski definition) is 5. The molecule has 2 aromatic rings. The lowest BCUT2D eigenvalue weighted by molar-refractivity contribution is -0.150. The molecule has 1 saturated heterocycles. The number of carbonyl (C=O) groups excluding carboxylic acids is 2. The number of carbonyl (C=O) groups is 3. The number of alkyl carbamates (subject to hydrolysis) is 1. The second-order valence-electron chi connectivity index (χ2n) is 9.19. The molecule has 2 fully saturated rings. The molecular weight excluding hydrogens is 452 g/mol. The van der Waals surface area contributed by atoms with Gasteiger partial charge in [-0.1, -0.05) is 55.0 Å². The largest absolute Gasteiger partial charge is 0.480 e. The zero-order valence-corrected chi connectivity index (χ0v) is 19.6. The normalized spacial score (nSPS) is 23.8. The predicted molar refractivity (Wildman–Crippen MR) is 130 cm³/mol. The molecule has 0 spiro atoms. The third-order valence-electron chi connectivity index (χ3n) is 7.14. The van der Waals surface area contributed by atoms with Crippen molar-refractivity contribution in [3.05, 3.63) is 59.7 Å². The Morgan fingerprint density at radius 3 is 2.38 bits per heavy atom. The maximum atomic E-state index is 13.0. The Morgan fingerprint density at radius 2 is 1.71 bits per heavy atom. The van der Waals surface area contributed by atoms with E-state index in [9.17, 15) is 19.5 Å². The van der Waals surface area contributed by atoms with E-state index in [2.05, 4.69) is 29.6 Å². The van der Waals surface area contributed by atoms with Crippen molar-refractivity contribution in [1.29, 1.82) is 0 Å². The number of hydrogen-bond donors (Lipinski definition) is 2. The minimum Gasteiger partial charge on any atom is -0.480 e. The van der Waals surface area contributed by atoms with Crippen LogP contribution >= 0.6 is 11.8 Å². The van der Waals surface area contributed by atoms with Gasteiger partial charge in [-0.3, -0.25) is 4.79 Å². The summed E-state index contributed by atoms with van der Waals surface area (Å²) in [6.45, 7) is 0.250. The van der Waals surface area contributed by atoms with Crippen molar-refractivity contribution in [1.82, 2.24) is 10.2 Å². The standard InChI is InChI=1S/C26H28N2O5S/c29-24(28-15-34-14-23(28)25(30)31)16-6-5-7-17(12-16)27-26(32)33-13-22-20-10-3-1-8-18(20)19-9-2-4-11-21(19)22/h1-4,8-11,16-17,22-23H,5-7,12-15H2,(H,27,32)(H,30,31)/t16-,17-,23+/m1/s1. The molecule has 1 aliphatic heterocycles. The van der Waals surface area contributed by atoms with E-state index in [4.69, 9.17) is 4.74 Å². The van der Waals surface area contributed by atoms with Crippen molar-refractivity contribution < 1.29 is 24.2 Å². The first-order chi connectivity index (χ1) is 16.5. The summed E-state index contributed by atoms with van der Waals surface area (Å²) in [5, 5.41) is 12.3. The van der Waals surface area contributed by atoms with E-state index in [1.54, 1.807) is 0 Å². The zero-order chi connectivity index (χ0) is 23.7. The van der Waals surface area contributed by atoms with Crippen molar-refractivity contribution in [3.8, 4) is 11.1 Å². The summed E-state index contributed by atoms with van der Waals surface area (Å²) in [7, 11) is 0. The van der Waals surface area contributed by atoms with E-state index in [-0.39, 0.29) is 30.4 Å². The molecule has 7 nitrogen and oxygen atoms in total. The molecule has 3 atom stereocenters. The van der Waals surface area contributed by atoms with E-state index in [0.29, 0.717) is 18.1 Å². The molecule has 2 aromatic carbocycles. The Morgan fingerprint density at radius 1 is 1.03 bits per heavy atom. The molecular formula is C26H28N2O5S. The smallest absolute Gasteiger partial charge is 0.407 e. The van der Waals surface area contributed by atoms with E-state index in [1.165, 1.54) is 27.8 Å². The Bertz CT molecular complexity index is 1060. The second kappa shape index (κ2) is 9.70. The summed E-state index contributed by atoms with van der Waals surface area (Å²) in [5.41, 5.74) is 4.69. The lowest BCUT2D eigenvalue weighted by Gasteiger charge is -2.32. The number of aliphatic carboxylic acids is 1. The van der Waals surface area contributed by atoms with Gasteiger partial charge in [-0.2, -0.15) is 0 Å². The molecule has 5 rings (SSSR count). The number of fused-ring (bicyclic) bond motifs is 3. The minimum absolute atomic E-state index is 0.000509. The highest BCUT2D eigenvalue weighted by Crippen LogP contribution is 2.44. The fraction of sp³-hybridized carbons (Fsp3) is 0.423. The molecule has 3 aliphatic rings. The van der Waals surface area contributed by atoms with Gasteiger partial charge in [0.15, 0.2) is 0 Å². The number of nitrogens with zero attached hydrogens (tertiary/aromatic N) is 1.